The van der Waals surface area contributed by atoms with Crippen molar-refractivity contribution in [3.63, 3.8) is 0 Å². The molecule has 1 amide bonds. The number of hydrogen-bond acceptors (Lipinski definition) is 6. The molecule has 0 saturated carbocycles. The fourth-order valence-electron chi connectivity index (χ4n) is 3.03. The van der Waals surface area contributed by atoms with Crippen LogP contribution in [0.2, 0.25) is 0 Å². The predicted molar refractivity (Wildman–Crippen MR) is 105 cm³/mol. The van der Waals surface area contributed by atoms with E-state index in [1.807, 2.05) is 0 Å². The lowest BCUT2D eigenvalue weighted by atomic mass is 10.2. The van der Waals surface area contributed by atoms with E-state index in [0.717, 1.165) is 0 Å². The third kappa shape index (κ3) is 6.56. The van der Waals surface area contributed by atoms with Gasteiger partial charge in [0.25, 0.3) is 0 Å². The van der Waals surface area contributed by atoms with Crippen LogP contribution in [0.4, 0.5) is 23.7 Å². The molecule has 0 radical (unpaired) electrons. The van der Waals surface area contributed by atoms with Crippen molar-refractivity contribution >= 4 is 11.8 Å². The first-order valence-corrected chi connectivity index (χ1v) is 9.64. The summed E-state index contributed by atoms with van der Waals surface area (Å²) in [6.07, 6.45) is -4.65. The molecule has 0 aliphatic carbocycles. The van der Waals surface area contributed by atoms with Gasteiger partial charge in [-0.1, -0.05) is 6.07 Å². The van der Waals surface area contributed by atoms with Gasteiger partial charge in [0.2, 0.25) is 0 Å². The van der Waals surface area contributed by atoms with E-state index in [1.54, 1.807) is 36.4 Å². The Kier molecular flexibility index (Phi) is 7.69. The number of ether oxygens (including phenoxy) is 4. The van der Waals surface area contributed by atoms with Crippen molar-refractivity contribution < 1.29 is 36.9 Å². The second-order valence-electron chi connectivity index (χ2n) is 6.91. The number of cyclic esters (lactones) is 1. The predicted octanol–water partition coefficient (Wildman–Crippen LogP) is 3.97. The molecule has 2 heterocycles. The minimum Gasteiger partial charge on any atom is -0.493 e. The number of alkyl halides is 3. The van der Waals surface area contributed by atoms with Gasteiger partial charge < -0.3 is 18.9 Å². The third-order valence-electron chi connectivity index (χ3n) is 4.56. The molecule has 1 fully saturated rings. The maximum atomic E-state index is 13.2. The molecule has 1 aromatic heterocycles. The van der Waals surface area contributed by atoms with E-state index in [0.29, 0.717) is 30.2 Å². The van der Waals surface area contributed by atoms with Gasteiger partial charge in [0.1, 0.15) is 11.9 Å². The van der Waals surface area contributed by atoms with Crippen molar-refractivity contribution in [1.29, 1.82) is 0 Å². The first-order valence-electron chi connectivity index (χ1n) is 9.64. The molecule has 1 saturated heterocycles. The number of hydrogen-bond donors (Lipinski definition) is 0. The number of amides is 1. The van der Waals surface area contributed by atoms with Crippen LogP contribution >= 0.6 is 0 Å². The van der Waals surface area contributed by atoms with Crippen LogP contribution < -0.4 is 9.64 Å². The van der Waals surface area contributed by atoms with Crippen molar-refractivity contribution in [2.75, 3.05) is 31.8 Å². The molecular formula is C21H23F3N2O5. The number of anilines is 1. The quantitative estimate of drug-likeness (QED) is 0.557. The topological polar surface area (TPSA) is 70.1 Å². The number of benzene rings is 1. The summed E-state index contributed by atoms with van der Waals surface area (Å²) in [5.74, 6) is 0.387. The number of halogens is 3. The van der Waals surface area contributed by atoms with Crippen LogP contribution in [0.25, 0.3) is 0 Å². The summed E-state index contributed by atoms with van der Waals surface area (Å²) in [6, 6.07) is 9.74. The van der Waals surface area contributed by atoms with Gasteiger partial charge >= 0.3 is 12.3 Å². The Morgan fingerprint density at radius 3 is 2.68 bits per heavy atom. The Morgan fingerprint density at radius 2 is 2.03 bits per heavy atom. The van der Waals surface area contributed by atoms with E-state index in [1.165, 1.54) is 24.4 Å². The number of aromatic nitrogens is 1. The summed E-state index contributed by atoms with van der Waals surface area (Å²) in [5.41, 5.74) is 1.16. The summed E-state index contributed by atoms with van der Waals surface area (Å²) in [6.45, 7) is 0.280. The highest BCUT2D eigenvalue weighted by Crippen LogP contribution is 2.28. The largest absolute Gasteiger partial charge is 0.493 e. The third-order valence-corrected chi connectivity index (χ3v) is 4.56. The highest BCUT2D eigenvalue weighted by atomic mass is 19.4. The van der Waals surface area contributed by atoms with E-state index in [9.17, 15) is 18.0 Å². The van der Waals surface area contributed by atoms with E-state index in [-0.39, 0.29) is 25.7 Å². The van der Waals surface area contributed by atoms with Gasteiger partial charge in [-0.15, -0.1) is 0 Å². The molecule has 31 heavy (non-hydrogen) atoms. The van der Waals surface area contributed by atoms with Gasteiger partial charge in [-0.05, 0) is 35.9 Å². The van der Waals surface area contributed by atoms with E-state index in [4.69, 9.17) is 18.9 Å². The Labute approximate surface area is 177 Å². The maximum absolute atomic E-state index is 13.2. The van der Waals surface area contributed by atoms with Crippen LogP contribution in [0.5, 0.6) is 5.75 Å². The van der Waals surface area contributed by atoms with E-state index in [2.05, 4.69) is 4.98 Å². The molecule has 7 nitrogen and oxygen atoms in total. The van der Waals surface area contributed by atoms with Crippen LogP contribution in [0.3, 0.4) is 0 Å². The molecule has 0 unspecified atom stereocenters. The average molecular weight is 440 g/mol. The van der Waals surface area contributed by atoms with Crippen molar-refractivity contribution in [3.8, 4) is 5.75 Å². The van der Waals surface area contributed by atoms with Crippen LogP contribution in [0.1, 0.15) is 12.0 Å². The molecule has 2 aromatic rings. The zero-order chi connectivity index (χ0) is 22.3. The fourth-order valence-corrected chi connectivity index (χ4v) is 3.03. The van der Waals surface area contributed by atoms with E-state index >= 15 is 0 Å². The van der Waals surface area contributed by atoms with Crippen molar-refractivity contribution in [2.45, 2.75) is 31.4 Å². The monoisotopic (exact) mass is 440 g/mol. The van der Waals surface area contributed by atoms with Crippen LogP contribution in [-0.4, -0.2) is 56.3 Å². The minimum absolute atomic E-state index is 0.182. The van der Waals surface area contributed by atoms with Gasteiger partial charge in [0, 0.05) is 31.6 Å². The van der Waals surface area contributed by atoms with Gasteiger partial charge in [-0.2, -0.15) is 13.2 Å². The van der Waals surface area contributed by atoms with Crippen molar-refractivity contribution in [3.05, 3.63) is 54.4 Å². The lowest BCUT2D eigenvalue weighted by molar-refractivity contribution is -0.226. The number of pyridine rings is 1. The van der Waals surface area contributed by atoms with Crippen molar-refractivity contribution in [1.82, 2.24) is 4.98 Å². The lowest BCUT2D eigenvalue weighted by Crippen LogP contribution is -2.33. The van der Waals surface area contributed by atoms with Crippen LogP contribution in [0, 0.1) is 0 Å². The van der Waals surface area contributed by atoms with Gasteiger partial charge in [0.15, 0.2) is 6.10 Å². The van der Waals surface area contributed by atoms with E-state index < -0.39 is 18.4 Å². The number of methoxy groups -OCH3 is 1. The summed E-state index contributed by atoms with van der Waals surface area (Å²) >= 11 is 0. The molecule has 3 rings (SSSR count). The normalized spacial score (nSPS) is 17.5. The highest BCUT2D eigenvalue weighted by molar-refractivity contribution is 5.89. The van der Waals surface area contributed by atoms with Crippen LogP contribution in [-0.2, 0) is 20.8 Å². The summed E-state index contributed by atoms with van der Waals surface area (Å²) in [4.78, 5) is 17.3. The van der Waals surface area contributed by atoms with Crippen molar-refractivity contribution in [2.24, 2.45) is 0 Å². The second kappa shape index (κ2) is 10.5. The molecule has 1 aliphatic rings. The molecule has 10 heteroatoms. The first-order chi connectivity index (χ1) is 14.9. The van der Waals surface area contributed by atoms with Gasteiger partial charge in [-0.25, -0.2) is 4.79 Å². The highest BCUT2D eigenvalue weighted by Gasteiger charge is 2.40. The maximum Gasteiger partial charge on any atom is 0.414 e. The Hall–Kier alpha value is -2.85. The zero-order valence-electron chi connectivity index (χ0n) is 16.9. The van der Waals surface area contributed by atoms with Crippen LogP contribution in [0.15, 0.2) is 48.8 Å². The molecule has 0 spiro atoms. The average Bonchev–Trinajstić information content (AvgIpc) is 3.11. The number of rotatable bonds is 10. The standard InChI is InChI=1S/C21H23F3N2O5/c1-28-14-18-12-26(20(27)31-18)16-4-6-17(7-5-16)29-10-8-19(21(22,23)24)30-13-15-3-2-9-25-11-15/h2-7,9,11,18-19H,8,10,12-14H2,1H3/t18-,19-/m1/s1. The number of carbonyl (C=O) groups excluding carboxylic acids is 1. The number of nitrogens with zero attached hydrogens (tertiary/aromatic N) is 2. The molecule has 1 aromatic carbocycles. The fraction of sp³-hybridized carbons (Fsp3) is 0.429. The zero-order valence-corrected chi connectivity index (χ0v) is 16.9. The minimum atomic E-state index is -4.51. The van der Waals surface area contributed by atoms with Gasteiger partial charge in [-0.3, -0.25) is 9.88 Å². The first kappa shape index (κ1) is 22.8. The smallest absolute Gasteiger partial charge is 0.414 e. The molecule has 0 bridgehead atoms. The molecule has 2 atom stereocenters. The molecular weight excluding hydrogens is 417 g/mol. The Morgan fingerprint density at radius 1 is 1.26 bits per heavy atom. The summed E-state index contributed by atoms with van der Waals surface area (Å²) in [7, 11) is 1.52. The van der Waals surface area contributed by atoms with Gasteiger partial charge in [0.05, 0.1) is 26.4 Å². The Bertz CT molecular complexity index is 833. The second-order valence-corrected chi connectivity index (χ2v) is 6.91. The number of carbonyl (C=O) groups is 1. The lowest BCUT2D eigenvalue weighted by Gasteiger charge is -2.21. The molecule has 0 N–H and O–H groups in total. The Balaban J connectivity index is 1.50. The molecule has 168 valence electrons. The SMILES string of the molecule is COC[C@H]1CN(c2ccc(OCC[C@@H](OCc3cccnc3)C(F)(F)F)cc2)C(=O)O1. The molecule has 1 aliphatic heterocycles. The summed E-state index contributed by atoms with van der Waals surface area (Å²) in [5, 5.41) is 0. The summed E-state index contributed by atoms with van der Waals surface area (Å²) < 4.78 is 60.4.